The summed E-state index contributed by atoms with van der Waals surface area (Å²) in [5.41, 5.74) is 2.36. The average Bonchev–Trinajstić information content (AvgIpc) is 2.15. The highest BCUT2D eigenvalue weighted by Gasteiger charge is 1.95. The summed E-state index contributed by atoms with van der Waals surface area (Å²) in [5, 5.41) is 0. The number of hydrogen-bond donors (Lipinski definition) is 0. The topological polar surface area (TPSA) is 3.24 Å². The number of rotatable bonds is 3. The van der Waals surface area contributed by atoms with Crippen LogP contribution in [0.15, 0.2) is 36.5 Å². The van der Waals surface area contributed by atoms with Gasteiger partial charge in [-0.1, -0.05) is 42.0 Å². The summed E-state index contributed by atoms with van der Waals surface area (Å²) in [5.74, 6) is 0. The van der Waals surface area contributed by atoms with Crippen LogP contribution in [0.1, 0.15) is 11.1 Å². The van der Waals surface area contributed by atoms with Crippen LogP contribution < -0.4 is 0 Å². The first kappa shape index (κ1) is 10.9. The monoisotopic (exact) mass is 205 g/mol. The minimum atomic E-state index is 0.874. The SMILES string of the molecule is Cc1ccc(C(=S)/C=C/N(C)C)cc1. The van der Waals surface area contributed by atoms with E-state index < -0.39 is 0 Å². The first-order valence-corrected chi connectivity index (χ1v) is 4.96. The van der Waals surface area contributed by atoms with Crippen molar-refractivity contribution in [2.45, 2.75) is 6.92 Å². The maximum Gasteiger partial charge on any atom is 0.0463 e. The zero-order chi connectivity index (χ0) is 10.6. The molecule has 1 nitrogen and oxygen atoms in total. The van der Waals surface area contributed by atoms with Gasteiger partial charge in [0.1, 0.15) is 0 Å². The summed E-state index contributed by atoms with van der Waals surface area (Å²) in [6.45, 7) is 2.07. The molecule has 0 fully saturated rings. The van der Waals surface area contributed by atoms with E-state index in [1.54, 1.807) is 0 Å². The van der Waals surface area contributed by atoms with E-state index in [0.29, 0.717) is 0 Å². The van der Waals surface area contributed by atoms with Crippen molar-refractivity contribution in [3.05, 3.63) is 47.7 Å². The van der Waals surface area contributed by atoms with Crippen molar-refractivity contribution in [1.29, 1.82) is 0 Å². The quantitative estimate of drug-likeness (QED) is 0.424. The molecule has 74 valence electrons. The summed E-state index contributed by atoms with van der Waals surface area (Å²) in [7, 11) is 3.96. The van der Waals surface area contributed by atoms with Gasteiger partial charge in [0.05, 0.1) is 0 Å². The fraction of sp³-hybridized carbons (Fsp3) is 0.250. The third-order valence-corrected chi connectivity index (χ3v) is 2.23. The van der Waals surface area contributed by atoms with Gasteiger partial charge in [0.25, 0.3) is 0 Å². The Morgan fingerprint density at radius 2 is 1.79 bits per heavy atom. The molecule has 0 aliphatic carbocycles. The second kappa shape index (κ2) is 4.91. The Labute approximate surface area is 91.1 Å². The van der Waals surface area contributed by atoms with Crippen molar-refractivity contribution in [2.24, 2.45) is 0 Å². The van der Waals surface area contributed by atoms with Crippen molar-refractivity contribution in [2.75, 3.05) is 14.1 Å². The molecule has 2 heteroatoms. The van der Waals surface area contributed by atoms with Gasteiger partial charge >= 0.3 is 0 Å². The van der Waals surface area contributed by atoms with E-state index in [9.17, 15) is 0 Å². The molecule has 0 spiro atoms. The Morgan fingerprint density at radius 1 is 1.21 bits per heavy atom. The standard InChI is InChI=1S/C12H15NS/c1-10-4-6-11(7-5-10)12(14)8-9-13(2)3/h4-9H,1-3H3/b9-8+. The van der Waals surface area contributed by atoms with Gasteiger partial charge in [-0.3, -0.25) is 0 Å². The van der Waals surface area contributed by atoms with Crippen molar-refractivity contribution >= 4 is 17.1 Å². The molecule has 0 atom stereocenters. The number of thiocarbonyl (C=S) groups is 1. The first-order chi connectivity index (χ1) is 6.59. The molecule has 0 saturated carbocycles. The molecule has 14 heavy (non-hydrogen) atoms. The average molecular weight is 205 g/mol. The Bertz CT molecular complexity index is 336. The molecule has 0 heterocycles. The van der Waals surface area contributed by atoms with Crippen LogP contribution in [0.2, 0.25) is 0 Å². The first-order valence-electron chi connectivity index (χ1n) is 4.55. The number of benzene rings is 1. The van der Waals surface area contributed by atoms with Crippen LogP contribution in [0.25, 0.3) is 0 Å². The van der Waals surface area contributed by atoms with E-state index in [4.69, 9.17) is 12.2 Å². The predicted octanol–water partition coefficient (Wildman–Crippen LogP) is 2.79. The maximum atomic E-state index is 5.27. The zero-order valence-electron chi connectivity index (χ0n) is 8.82. The molecule has 0 amide bonds. The molecule has 0 unspecified atom stereocenters. The Kier molecular flexibility index (Phi) is 3.84. The van der Waals surface area contributed by atoms with Crippen LogP contribution in [0, 0.1) is 6.92 Å². The van der Waals surface area contributed by atoms with Crippen molar-refractivity contribution in [3.8, 4) is 0 Å². The number of allylic oxidation sites excluding steroid dienone is 1. The van der Waals surface area contributed by atoms with E-state index >= 15 is 0 Å². The second-order valence-electron chi connectivity index (χ2n) is 3.51. The molecule has 1 aromatic carbocycles. The lowest BCUT2D eigenvalue weighted by molar-refractivity contribution is 0.564. The van der Waals surface area contributed by atoms with Crippen molar-refractivity contribution in [3.63, 3.8) is 0 Å². The smallest absolute Gasteiger partial charge is 0.0463 e. The fourth-order valence-electron chi connectivity index (χ4n) is 1.03. The predicted molar refractivity (Wildman–Crippen MR) is 65.7 cm³/mol. The fourth-order valence-corrected chi connectivity index (χ4v) is 1.23. The summed E-state index contributed by atoms with van der Waals surface area (Å²) in [6.07, 6.45) is 3.90. The summed E-state index contributed by atoms with van der Waals surface area (Å²) in [4.78, 5) is 2.85. The maximum absolute atomic E-state index is 5.27. The van der Waals surface area contributed by atoms with E-state index in [2.05, 4.69) is 31.2 Å². The summed E-state index contributed by atoms with van der Waals surface area (Å²) < 4.78 is 0. The molecule has 0 saturated heterocycles. The molecular weight excluding hydrogens is 190 g/mol. The largest absolute Gasteiger partial charge is 0.383 e. The zero-order valence-corrected chi connectivity index (χ0v) is 9.64. The molecule has 0 aliphatic rings. The summed E-state index contributed by atoms with van der Waals surface area (Å²) in [6, 6.07) is 8.26. The van der Waals surface area contributed by atoms with Gasteiger partial charge < -0.3 is 4.90 Å². The molecule has 0 aliphatic heterocycles. The third-order valence-electron chi connectivity index (χ3n) is 1.86. The van der Waals surface area contributed by atoms with Crippen LogP contribution in [0.3, 0.4) is 0 Å². The lowest BCUT2D eigenvalue weighted by Crippen LogP contribution is -2.02. The molecule has 0 radical (unpaired) electrons. The van der Waals surface area contributed by atoms with Crippen LogP contribution in [-0.2, 0) is 0 Å². The number of nitrogens with zero attached hydrogens (tertiary/aromatic N) is 1. The lowest BCUT2D eigenvalue weighted by atomic mass is 10.1. The van der Waals surface area contributed by atoms with Crippen LogP contribution in [0.4, 0.5) is 0 Å². The highest BCUT2D eigenvalue weighted by Crippen LogP contribution is 2.05. The van der Waals surface area contributed by atoms with Crippen LogP contribution in [-0.4, -0.2) is 23.9 Å². The van der Waals surface area contributed by atoms with Gasteiger partial charge in [-0.15, -0.1) is 0 Å². The van der Waals surface area contributed by atoms with Crippen molar-refractivity contribution in [1.82, 2.24) is 4.90 Å². The summed E-state index contributed by atoms with van der Waals surface area (Å²) >= 11 is 5.27. The van der Waals surface area contributed by atoms with Gasteiger partial charge in [-0.2, -0.15) is 0 Å². The third kappa shape index (κ3) is 3.30. The molecule has 0 bridgehead atoms. The van der Waals surface area contributed by atoms with Crippen LogP contribution in [0.5, 0.6) is 0 Å². The molecule has 0 N–H and O–H groups in total. The van der Waals surface area contributed by atoms with Gasteiger partial charge in [0.2, 0.25) is 0 Å². The van der Waals surface area contributed by atoms with E-state index in [1.165, 1.54) is 5.56 Å². The highest BCUT2D eigenvalue weighted by atomic mass is 32.1. The molecule has 1 rings (SSSR count). The van der Waals surface area contributed by atoms with Gasteiger partial charge in [0, 0.05) is 19.0 Å². The van der Waals surface area contributed by atoms with Gasteiger partial charge in [0.15, 0.2) is 0 Å². The Hall–Kier alpha value is -1.15. The molecular formula is C12H15NS. The van der Waals surface area contributed by atoms with E-state index in [0.717, 1.165) is 10.4 Å². The molecule has 0 aromatic heterocycles. The van der Waals surface area contributed by atoms with E-state index in [1.807, 2.05) is 31.3 Å². The minimum absolute atomic E-state index is 0.874. The number of hydrogen-bond acceptors (Lipinski definition) is 2. The second-order valence-corrected chi connectivity index (χ2v) is 3.95. The van der Waals surface area contributed by atoms with Gasteiger partial charge in [-0.05, 0) is 24.8 Å². The van der Waals surface area contributed by atoms with E-state index in [-0.39, 0.29) is 0 Å². The molecule has 1 aromatic rings. The van der Waals surface area contributed by atoms with Crippen molar-refractivity contribution < 1.29 is 0 Å². The van der Waals surface area contributed by atoms with Crippen LogP contribution >= 0.6 is 12.2 Å². The normalized spacial score (nSPS) is 10.5. The minimum Gasteiger partial charge on any atom is -0.383 e. The van der Waals surface area contributed by atoms with Gasteiger partial charge in [-0.25, -0.2) is 0 Å². The number of aryl methyl sites for hydroxylation is 1. The Morgan fingerprint density at radius 3 is 2.29 bits per heavy atom. The highest BCUT2D eigenvalue weighted by molar-refractivity contribution is 7.81. The Balaban J connectivity index is 2.75. The lowest BCUT2D eigenvalue weighted by Gasteiger charge is -2.04.